The van der Waals surface area contributed by atoms with Crippen LogP contribution < -0.4 is 10.2 Å². The van der Waals surface area contributed by atoms with E-state index >= 15 is 0 Å². The molecular weight excluding hydrogens is 354 g/mol. The number of rotatable bonds is 7. The Bertz CT molecular complexity index is 833. The molecule has 2 amide bonds. The van der Waals surface area contributed by atoms with Crippen LogP contribution in [0.3, 0.4) is 0 Å². The summed E-state index contributed by atoms with van der Waals surface area (Å²) in [4.78, 5) is 40.7. The molecule has 0 radical (unpaired) electrons. The molecule has 26 heavy (non-hydrogen) atoms. The number of amides is 2. The molecule has 8 heteroatoms. The van der Waals surface area contributed by atoms with Crippen LogP contribution in [0.15, 0.2) is 29.6 Å². The summed E-state index contributed by atoms with van der Waals surface area (Å²) in [6.07, 6.45) is 1.91. The average molecular weight is 373 g/mol. The molecule has 0 saturated carbocycles. The fourth-order valence-corrected chi connectivity index (χ4v) is 3.65. The summed E-state index contributed by atoms with van der Waals surface area (Å²) in [6, 6.07) is 7.76. The van der Waals surface area contributed by atoms with Gasteiger partial charge in [-0.3, -0.25) is 9.59 Å². The minimum absolute atomic E-state index is 0.0265. The number of aromatic carboxylic acids is 1. The molecular formula is C18H19N3O4S. The number of aryl methyl sites for hydroxylation is 1. The van der Waals surface area contributed by atoms with Crippen molar-refractivity contribution in [3.8, 4) is 0 Å². The largest absolute Gasteiger partial charge is 0.476 e. The van der Waals surface area contributed by atoms with Gasteiger partial charge in [0.1, 0.15) is 0 Å². The highest BCUT2D eigenvalue weighted by Gasteiger charge is 2.23. The number of benzene rings is 1. The third kappa shape index (κ3) is 4.26. The van der Waals surface area contributed by atoms with E-state index in [0.717, 1.165) is 17.7 Å². The maximum atomic E-state index is 12.2. The fourth-order valence-electron chi connectivity index (χ4n) is 2.88. The van der Waals surface area contributed by atoms with E-state index in [4.69, 9.17) is 5.11 Å². The first-order valence-corrected chi connectivity index (χ1v) is 9.25. The van der Waals surface area contributed by atoms with Crippen molar-refractivity contribution in [3.63, 3.8) is 0 Å². The molecule has 136 valence electrons. The molecule has 3 rings (SSSR count). The number of para-hydroxylation sites is 1. The Balaban J connectivity index is 1.47. The van der Waals surface area contributed by atoms with Crippen LogP contribution in [-0.2, 0) is 22.4 Å². The highest BCUT2D eigenvalue weighted by Crippen LogP contribution is 2.27. The summed E-state index contributed by atoms with van der Waals surface area (Å²) in [5, 5.41) is 13.8. The normalized spacial score (nSPS) is 13.4. The highest BCUT2D eigenvalue weighted by atomic mass is 32.1. The number of carbonyl (C=O) groups excluding carboxylic acids is 2. The van der Waals surface area contributed by atoms with E-state index in [9.17, 15) is 14.4 Å². The number of hydrogen-bond donors (Lipinski definition) is 2. The minimum Gasteiger partial charge on any atom is -0.476 e. The van der Waals surface area contributed by atoms with E-state index in [2.05, 4.69) is 10.3 Å². The van der Waals surface area contributed by atoms with Gasteiger partial charge in [0, 0.05) is 43.4 Å². The van der Waals surface area contributed by atoms with E-state index in [1.807, 2.05) is 24.3 Å². The van der Waals surface area contributed by atoms with Gasteiger partial charge in [-0.25, -0.2) is 9.78 Å². The second kappa shape index (κ2) is 8.09. The molecule has 2 heterocycles. The summed E-state index contributed by atoms with van der Waals surface area (Å²) in [6.45, 7) is 0.734. The summed E-state index contributed by atoms with van der Waals surface area (Å²) in [5.74, 6) is -1.15. The lowest BCUT2D eigenvalue weighted by Crippen LogP contribution is -2.38. The number of carboxylic acids is 1. The lowest BCUT2D eigenvalue weighted by molar-refractivity contribution is -0.121. The zero-order valence-electron chi connectivity index (χ0n) is 14.1. The first-order chi connectivity index (χ1) is 12.5. The van der Waals surface area contributed by atoms with Gasteiger partial charge in [-0.05, 0) is 18.1 Å². The molecule has 0 fully saturated rings. The minimum atomic E-state index is -1.05. The quantitative estimate of drug-likeness (QED) is 0.772. The number of hydrogen-bond acceptors (Lipinski definition) is 5. The van der Waals surface area contributed by atoms with Crippen LogP contribution in [0.1, 0.15) is 33.9 Å². The van der Waals surface area contributed by atoms with Gasteiger partial charge >= 0.3 is 5.97 Å². The van der Waals surface area contributed by atoms with Crippen molar-refractivity contribution in [1.82, 2.24) is 10.3 Å². The first-order valence-electron chi connectivity index (χ1n) is 8.37. The second-order valence-corrected chi connectivity index (χ2v) is 6.90. The van der Waals surface area contributed by atoms with Crippen LogP contribution in [0.5, 0.6) is 0 Å². The van der Waals surface area contributed by atoms with Crippen molar-refractivity contribution in [1.29, 1.82) is 0 Å². The van der Waals surface area contributed by atoms with E-state index in [-0.39, 0.29) is 23.9 Å². The molecule has 0 unspecified atom stereocenters. The van der Waals surface area contributed by atoms with Crippen LogP contribution in [-0.4, -0.2) is 41.0 Å². The van der Waals surface area contributed by atoms with Gasteiger partial charge in [0.15, 0.2) is 5.69 Å². The number of anilines is 1. The van der Waals surface area contributed by atoms with Crippen molar-refractivity contribution < 1.29 is 19.5 Å². The third-order valence-corrected chi connectivity index (χ3v) is 5.09. The van der Waals surface area contributed by atoms with Crippen molar-refractivity contribution in [2.75, 3.05) is 18.0 Å². The Kier molecular flexibility index (Phi) is 5.62. The fraction of sp³-hybridized carbons (Fsp3) is 0.333. The van der Waals surface area contributed by atoms with Crippen LogP contribution in [0.4, 0.5) is 5.69 Å². The molecule has 0 bridgehead atoms. The summed E-state index contributed by atoms with van der Waals surface area (Å²) in [7, 11) is 0. The van der Waals surface area contributed by atoms with Crippen LogP contribution in [0, 0.1) is 0 Å². The van der Waals surface area contributed by atoms with Gasteiger partial charge in [-0.2, -0.15) is 0 Å². The molecule has 0 aliphatic carbocycles. The maximum Gasteiger partial charge on any atom is 0.355 e. The summed E-state index contributed by atoms with van der Waals surface area (Å²) >= 11 is 1.26. The molecule has 0 spiro atoms. The van der Waals surface area contributed by atoms with Gasteiger partial charge in [0.25, 0.3) is 0 Å². The standard InChI is InChI=1S/C18H19N3O4S/c22-15(19-9-7-16-20-13(11-26-16)18(24)25)8-10-21-14-4-2-1-3-12(14)5-6-17(21)23/h1-4,11H,5-10H2,(H,19,22)(H,24,25). The van der Waals surface area contributed by atoms with Gasteiger partial charge in [0.2, 0.25) is 11.8 Å². The number of fused-ring (bicyclic) bond motifs is 1. The van der Waals surface area contributed by atoms with E-state index in [0.29, 0.717) is 30.9 Å². The van der Waals surface area contributed by atoms with Crippen molar-refractivity contribution >= 4 is 34.8 Å². The Morgan fingerprint density at radius 2 is 2.08 bits per heavy atom. The molecule has 2 N–H and O–H groups in total. The SMILES string of the molecule is O=C(CCN1C(=O)CCc2ccccc21)NCCc1nc(C(=O)O)cs1. The number of nitrogens with zero attached hydrogens (tertiary/aromatic N) is 2. The maximum absolute atomic E-state index is 12.2. The molecule has 1 aromatic carbocycles. The summed E-state index contributed by atoms with van der Waals surface area (Å²) < 4.78 is 0. The number of carbonyl (C=O) groups is 3. The Hall–Kier alpha value is -2.74. The Labute approximate surface area is 154 Å². The van der Waals surface area contributed by atoms with Gasteiger partial charge in [-0.1, -0.05) is 18.2 Å². The third-order valence-electron chi connectivity index (χ3n) is 4.19. The predicted molar refractivity (Wildman–Crippen MR) is 97.5 cm³/mol. The zero-order valence-corrected chi connectivity index (χ0v) is 14.9. The smallest absolute Gasteiger partial charge is 0.355 e. The van der Waals surface area contributed by atoms with Crippen LogP contribution >= 0.6 is 11.3 Å². The number of nitrogens with one attached hydrogen (secondary N) is 1. The lowest BCUT2D eigenvalue weighted by Gasteiger charge is -2.29. The Morgan fingerprint density at radius 1 is 1.27 bits per heavy atom. The highest BCUT2D eigenvalue weighted by molar-refractivity contribution is 7.09. The second-order valence-electron chi connectivity index (χ2n) is 5.96. The van der Waals surface area contributed by atoms with Crippen LogP contribution in [0.25, 0.3) is 0 Å². The van der Waals surface area contributed by atoms with Gasteiger partial charge in [0.05, 0.1) is 5.01 Å². The van der Waals surface area contributed by atoms with Crippen molar-refractivity contribution in [2.45, 2.75) is 25.7 Å². The summed E-state index contributed by atoms with van der Waals surface area (Å²) in [5.41, 5.74) is 2.05. The van der Waals surface area contributed by atoms with E-state index < -0.39 is 5.97 Å². The molecule has 1 aliphatic heterocycles. The average Bonchev–Trinajstić information content (AvgIpc) is 3.10. The number of aromatic nitrogens is 1. The zero-order chi connectivity index (χ0) is 18.5. The molecule has 0 saturated heterocycles. The molecule has 2 aromatic rings. The molecule has 7 nitrogen and oxygen atoms in total. The molecule has 1 aliphatic rings. The van der Waals surface area contributed by atoms with Crippen LogP contribution in [0.2, 0.25) is 0 Å². The molecule has 1 aromatic heterocycles. The first kappa shape index (κ1) is 18.1. The predicted octanol–water partition coefficient (Wildman–Crippen LogP) is 1.87. The topological polar surface area (TPSA) is 99.6 Å². The van der Waals surface area contributed by atoms with Crippen molar-refractivity contribution in [2.24, 2.45) is 0 Å². The molecule has 0 atom stereocenters. The van der Waals surface area contributed by atoms with Gasteiger partial charge in [-0.15, -0.1) is 11.3 Å². The monoisotopic (exact) mass is 373 g/mol. The van der Waals surface area contributed by atoms with E-state index in [1.54, 1.807) is 4.90 Å². The number of thiazole rings is 1. The Morgan fingerprint density at radius 3 is 2.85 bits per heavy atom. The number of carboxylic acid groups (broad SMARTS) is 1. The van der Waals surface area contributed by atoms with Crippen molar-refractivity contribution in [3.05, 3.63) is 45.9 Å². The lowest BCUT2D eigenvalue weighted by atomic mass is 10.0. The van der Waals surface area contributed by atoms with Gasteiger partial charge < -0.3 is 15.3 Å². The van der Waals surface area contributed by atoms with E-state index in [1.165, 1.54) is 16.7 Å².